The van der Waals surface area contributed by atoms with E-state index in [-0.39, 0.29) is 16.5 Å². The number of hydrogen-bond acceptors (Lipinski definition) is 2. The van der Waals surface area contributed by atoms with Crippen LogP contribution in [0, 0.1) is 0 Å². The average molecular weight is 253 g/mol. The summed E-state index contributed by atoms with van der Waals surface area (Å²) in [6, 6.07) is 8.22. The third-order valence-electron chi connectivity index (χ3n) is 1.67. The molecule has 0 aromatic heterocycles. The Morgan fingerprint density at radius 1 is 1.21 bits per heavy atom. The highest BCUT2D eigenvalue weighted by Gasteiger charge is 2.18. The molecule has 0 saturated carbocycles. The van der Waals surface area contributed by atoms with Crippen molar-refractivity contribution in [3.8, 4) is 0 Å². The summed E-state index contributed by atoms with van der Waals surface area (Å²) in [5.41, 5.74) is 0. The van der Waals surface area contributed by atoms with Gasteiger partial charge in [-0.05, 0) is 12.1 Å². The minimum Gasteiger partial charge on any atom is -0.224 e. The van der Waals surface area contributed by atoms with Gasteiger partial charge in [0.1, 0.15) is 0 Å². The summed E-state index contributed by atoms with van der Waals surface area (Å²) in [6.07, 6.45) is 0. The molecule has 2 nitrogen and oxygen atoms in total. The third kappa shape index (κ3) is 3.15. The lowest BCUT2D eigenvalue weighted by Crippen LogP contribution is -2.17. The summed E-state index contributed by atoms with van der Waals surface area (Å²) in [7, 11) is -3.29. The van der Waals surface area contributed by atoms with E-state index in [0.717, 1.165) is 0 Å². The molecule has 1 atom stereocenters. The second kappa shape index (κ2) is 5.01. The Hall–Kier alpha value is -0.250. The molecular weight excluding hydrogens is 243 g/mol. The van der Waals surface area contributed by atoms with Crippen molar-refractivity contribution in [3.05, 3.63) is 30.3 Å². The first kappa shape index (κ1) is 11.8. The molecule has 14 heavy (non-hydrogen) atoms. The fourth-order valence-electron chi connectivity index (χ4n) is 1.01. The summed E-state index contributed by atoms with van der Waals surface area (Å²) in [6.45, 7) is 0. The number of sulfone groups is 1. The number of alkyl halides is 2. The molecule has 5 heteroatoms. The molecule has 0 radical (unpaired) electrons. The Morgan fingerprint density at radius 2 is 1.79 bits per heavy atom. The van der Waals surface area contributed by atoms with Crippen molar-refractivity contribution in [1.29, 1.82) is 0 Å². The van der Waals surface area contributed by atoms with Crippen LogP contribution in [0.4, 0.5) is 0 Å². The van der Waals surface area contributed by atoms with Crippen LogP contribution in [-0.4, -0.2) is 25.4 Å². The van der Waals surface area contributed by atoms with Gasteiger partial charge in [-0.15, -0.1) is 23.2 Å². The minimum atomic E-state index is -3.29. The van der Waals surface area contributed by atoms with Crippen molar-refractivity contribution in [1.82, 2.24) is 0 Å². The molecule has 0 spiro atoms. The Morgan fingerprint density at radius 3 is 2.29 bits per heavy atom. The molecule has 0 fully saturated rings. The molecule has 0 aliphatic heterocycles. The van der Waals surface area contributed by atoms with Gasteiger partial charge in [0.15, 0.2) is 9.84 Å². The lowest BCUT2D eigenvalue weighted by atomic mass is 10.4. The van der Waals surface area contributed by atoms with Crippen LogP contribution < -0.4 is 0 Å². The van der Waals surface area contributed by atoms with Crippen LogP contribution in [0.25, 0.3) is 0 Å². The smallest absolute Gasteiger partial charge is 0.179 e. The van der Waals surface area contributed by atoms with Gasteiger partial charge in [0, 0.05) is 5.88 Å². The molecule has 78 valence electrons. The first-order valence-corrected chi connectivity index (χ1v) is 6.66. The van der Waals surface area contributed by atoms with Gasteiger partial charge in [0.05, 0.1) is 16.0 Å². The zero-order chi connectivity index (χ0) is 10.6. The zero-order valence-corrected chi connectivity index (χ0v) is 9.69. The lowest BCUT2D eigenvalue weighted by molar-refractivity contribution is 0.595. The Balaban J connectivity index is 2.87. The molecule has 1 rings (SSSR count). The molecule has 0 bridgehead atoms. The fraction of sp³-hybridized carbons (Fsp3) is 0.333. The van der Waals surface area contributed by atoms with Gasteiger partial charge in [-0.3, -0.25) is 0 Å². The monoisotopic (exact) mass is 252 g/mol. The normalized spacial score (nSPS) is 13.9. The highest BCUT2D eigenvalue weighted by atomic mass is 35.5. The van der Waals surface area contributed by atoms with Crippen LogP contribution in [0.15, 0.2) is 35.2 Å². The van der Waals surface area contributed by atoms with Gasteiger partial charge >= 0.3 is 0 Å². The highest BCUT2D eigenvalue weighted by molar-refractivity contribution is 7.91. The molecule has 1 unspecified atom stereocenters. The van der Waals surface area contributed by atoms with Crippen LogP contribution in [0.2, 0.25) is 0 Å². The highest BCUT2D eigenvalue weighted by Crippen LogP contribution is 2.13. The van der Waals surface area contributed by atoms with Crippen molar-refractivity contribution in [2.75, 3.05) is 11.6 Å². The third-order valence-corrected chi connectivity index (χ3v) is 4.52. The summed E-state index contributed by atoms with van der Waals surface area (Å²) in [5, 5.41) is -0.540. The van der Waals surface area contributed by atoms with E-state index < -0.39 is 15.2 Å². The molecular formula is C9H10Cl2O2S. The lowest BCUT2D eigenvalue weighted by Gasteiger charge is -2.06. The zero-order valence-electron chi connectivity index (χ0n) is 7.36. The first-order valence-electron chi connectivity index (χ1n) is 4.04. The first-order chi connectivity index (χ1) is 6.56. The van der Waals surface area contributed by atoms with Crippen LogP contribution in [0.5, 0.6) is 0 Å². The number of benzene rings is 1. The standard InChI is InChI=1S/C9H10Cl2O2S/c10-6-8(11)7-14(12,13)9-4-2-1-3-5-9/h1-5,8H,6-7H2. The van der Waals surface area contributed by atoms with Crippen LogP contribution >= 0.6 is 23.2 Å². The van der Waals surface area contributed by atoms with Crippen LogP contribution in [0.3, 0.4) is 0 Å². The van der Waals surface area contributed by atoms with Gasteiger partial charge in [0.2, 0.25) is 0 Å². The summed E-state index contributed by atoms with van der Waals surface area (Å²) in [4.78, 5) is 0.288. The molecule has 0 N–H and O–H groups in total. The molecule has 0 aliphatic rings. The molecule has 0 aliphatic carbocycles. The maximum absolute atomic E-state index is 11.7. The van der Waals surface area contributed by atoms with Gasteiger partial charge in [-0.25, -0.2) is 8.42 Å². The largest absolute Gasteiger partial charge is 0.224 e. The van der Waals surface area contributed by atoms with E-state index in [2.05, 4.69) is 0 Å². The number of hydrogen-bond donors (Lipinski definition) is 0. The topological polar surface area (TPSA) is 34.1 Å². The van der Waals surface area contributed by atoms with E-state index in [1.54, 1.807) is 30.3 Å². The van der Waals surface area contributed by atoms with Gasteiger partial charge in [-0.2, -0.15) is 0 Å². The Bertz CT molecular complexity index is 375. The van der Waals surface area contributed by atoms with E-state index in [9.17, 15) is 8.42 Å². The SMILES string of the molecule is O=S(=O)(CC(Cl)CCl)c1ccccc1. The van der Waals surface area contributed by atoms with Crippen LogP contribution in [-0.2, 0) is 9.84 Å². The number of halogens is 2. The molecule has 0 saturated heterocycles. The summed E-state index contributed by atoms with van der Waals surface area (Å²) in [5.74, 6) is 0.00961. The molecule has 0 heterocycles. The summed E-state index contributed by atoms with van der Waals surface area (Å²) < 4.78 is 23.3. The van der Waals surface area contributed by atoms with Crippen molar-refractivity contribution in [2.45, 2.75) is 10.3 Å². The molecule has 0 amide bonds. The Labute approximate surface area is 93.8 Å². The second-order valence-corrected chi connectivity index (χ2v) is 5.81. The van der Waals surface area contributed by atoms with Crippen molar-refractivity contribution >= 4 is 33.0 Å². The molecule has 1 aromatic carbocycles. The predicted molar refractivity (Wildman–Crippen MR) is 58.9 cm³/mol. The van der Waals surface area contributed by atoms with E-state index >= 15 is 0 Å². The Kier molecular flexibility index (Phi) is 4.23. The average Bonchev–Trinajstić information content (AvgIpc) is 2.18. The van der Waals surface area contributed by atoms with Gasteiger partial charge in [0.25, 0.3) is 0 Å². The summed E-state index contributed by atoms with van der Waals surface area (Å²) >= 11 is 11.1. The van der Waals surface area contributed by atoms with Crippen molar-refractivity contribution in [2.24, 2.45) is 0 Å². The second-order valence-electron chi connectivity index (χ2n) is 2.85. The minimum absolute atomic E-state index is 0.123. The van der Waals surface area contributed by atoms with E-state index in [1.165, 1.54) is 0 Å². The quantitative estimate of drug-likeness (QED) is 0.771. The van der Waals surface area contributed by atoms with Gasteiger partial charge < -0.3 is 0 Å². The maximum Gasteiger partial charge on any atom is 0.179 e. The van der Waals surface area contributed by atoms with Crippen molar-refractivity contribution in [3.63, 3.8) is 0 Å². The fourth-order valence-corrected chi connectivity index (χ4v) is 3.10. The van der Waals surface area contributed by atoms with Crippen molar-refractivity contribution < 1.29 is 8.42 Å². The van der Waals surface area contributed by atoms with E-state index in [1.807, 2.05) is 0 Å². The van der Waals surface area contributed by atoms with Crippen LogP contribution in [0.1, 0.15) is 0 Å². The maximum atomic E-state index is 11.7. The van der Waals surface area contributed by atoms with E-state index in [4.69, 9.17) is 23.2 Å². The molecule has 1 aromatic rings. The van der Waals surface area contributed by atoms with E-state index in [0.29, 0.717) is 0 Å². The van der Waals surface area contributed by atoms with Gasteiger partial charge in [-0.1, -0.05) is 18.2 Å². The predicted octanol–water partition coefficient (Wildman–Crippen LogP) is 2.31. The number of rotatable bonds is 4.